The van der Waals surface area contributed by atoms with Crippen molar-refractivity contribution in [3.63, 3.8) is 0 Å². The summed E-state index contributed by atoms with van der Waals surface area (Å²) in [6.07, 6.45) is 10.9. The Labute approximate surface area is 418 Å². The quantitative estimate of drug-likeness (QED) is 0.0777. The number of nitrogens with one attached hydrogen (secondary N) is 1. The molecule has 3 aliphatic rings. The second-order valence-electron chi connectivity index (χ2n) is 21.6. The minimum absolute atomic E-state index is 0.0131. The number of Topliss-reactive ketones (excluding diaryl/α,β-unsaturated/α-hetero) is 1. The van der Waals surface area contributed by atoms with E-state index in [4.69, 9.17) is 28.3 Å². The van der Waals surface area contributed by atoms with Gasteiger partial charge in [-0.25, -0.2) is 4.98 Å². The molecule has 0 radical (unpaired) electrons. The molecule has 0 saturated carbocycles. The Balaban J connectivity index is 1.45. The third kappa shape index (κ3) is 10.5. The summed E-state index contributed by atoms with van der Waals surface area (Å²) in [4.78, 5) is 66.7. The fraction of sp³-hybridized carbons (Fsp3) is 0.561. The predicted octanol–water partition coefficient (Wildman–Crippen LogP) is 10.8. The smallest absolute Gasteiger partial charge is 0.312 e. The number of esters is 1. The van der Waals surface area contributed by atoms with E-state index in [1.54, 1.807) is 26.2 Å². The molecule has 3 aromatic carbocycles. The molecule has 14 nitrogen and oxygen atoms in total. The lowest BCUT2D eigenvalue weighted by Gasteiger charge is -2.39. The maximum Gasteiger partial charge on any atom is 0.312 e. The topological polar surface area (TPSA) is 170 Å². The maximum absolute atomic E-state index is 15.1. The molecule has 0 unspecified atom stereocenters. The van der Waals surface area contributed by atoms with Crippen LogP contribution in [0.1, 0.15) is 124 Å². The van der Waals surface area contributed by atoms with Crippen LogP contribution in [0.15, 0.2) is 57.5 Å². The molecular weight excluding hydrogens is 901 g/mol. The normalized spacial score (nSPS) is 27.9. The van der Waals surface area contributed by atoms with Crippen molar-refractivity contribution >= 4 is 62.0 Å². The van der Waals surface area contributed by atoms with Crippen LogP contribution in [0.2, 0.25) is 0 Å². The molecule has 8 atom stereocenters. The number of aromatic hydroxyl groups is 1. The summed E-state index contributed by atoms with van der Waals surface area (Å²) >= 11 is 0. The van der Waals surface area contributed by atoms with Gasteiger partial charge in [-0.2, -0.15) is 0 Å². The number of benzene rings is 3. The zero-order chi connectivity index (χ0) is 52.0. The Hall–Kier alpha value is -5.73. The average Bonchev–Trinajstić information content (AvgIpc) is 3.59. The summed E-state index contributed by atoms with van der Waals surface area (Å²) in [5, 5.41) is 15.1. The van der Waals surface area contributed by atoms with Crippen LogP contribution >= 0.6 is 0 Å². The third-order valence-electron chi connectivity index (χ3n) is 15.7. The molecule has 1 amide bonds. The highest BCUT2D eigenvalue weighted by Crippen LogP contribution is 2.49. The second kappa shape index (κ2) is 21.2. The summed E-state index contributed by atoms with van der Waals surface area (Å²) in [5.41, 5.74) is 2.50. The van der Waals surface area contributed by atoms with Crippen molar-refractivity contribution in [2.24, 2.45) is 35.5 Å². The zero-order valence-corrected chi connectivity index (χ0v) is 44.5. The highest BCUT2D eigenvalue weighted by Gasteiger charge is 2.49. The molecule has 4 aromatic rings. The lowest BCUT2D eigenvalue weighted by molar-refractivity contribution is -0.156. The van der Waals surface area contributed by atoms with Crippen molar-refractivity contribution in [1.82, 2.24) is 9.88 Å². The molecule has 3 aliphatic heterocycles. The second-order valence-corrected chi connectivity index (χ2v) is 21.6. The molecule has 2 N–H and O–H groups in total. The van der Waals surface area contributed by atoms with Crippen molar-refractivity contribution in [3.8, 4) is 11.5 Å². The molecule has 4 bridgehead atoms. The number of carbonyl (C=O) groups excluding carboxylic acids is 3. The number of rotatable bonds is 7. The van der Waals surface area contributed by atoms with Crippen LogP contribution in [0, 0.1) is 42.4 Å². The first kappa shape index (κ1) is 53.1. The van der Waals surface area contributed by atoms with E-state index < -0.39 is 46.8 Å². The van der Waals surface area contributed by atoms with Gasteiger partial charge in [0, 0.05) is 80.3 Å². The van der Waals surface area contributed by atoms with Gasteiger partial charge in [0.05, 0.1) is 23.3 Å². The maximum atomic E-state index is 15.1. The van der Waals surface area contributed by atoms with Gasteiger partial charge in [-0.1, -0.05) is 66.7 Å². The van der Waals surface area contributed by atoms with E-state index in [0.29, 0.717) is 35.2 Å². The fourth-order valence-electron chi connectivity index (χ4n) is 10.9. The number of hydrogen-bond donors (Lipinski definition) is 2. The summed E-state index contributed by atoms with van der Waals surface area (Å²) in [5.74, 6) is -3.84. The number of methoxy groups -OCH3 is 1. The van der Waals surface area contributed by atoms with E-state index in [0.717, 1.165) is 43.6 Å². The first-order chi connectivity index (χ1) is 33.5. The highest BCUT2D eigenvalue weighted by molar-refractivity contribution is 6.26. The van der Waals surface area contributed by atoms with Crippen LogP contribution in [-0.2, 0) is 30.2 Å². The van der Waals surface area contributed by atoms with Crippen LogP contribution in [0.5, 0.6) is 11.5 Å². The first-order valence-electron chi connectivity index (χ1n) is 25.5. The van der Waals surface area contributed by atoms with Crippen LogP contribution in [0.3, 0.4) is 0 Å². The number of piperidine rings is 1. The zero-order valence-electron chi connectivity index (χ0n) is 44.5. The molecular formula is C57H76N4O10. The lowest BCUT2D eigenvalue weighted by atomic mass is 9.74. The Morgan fingerprint density at radius 1 is 0.986 bits per heavy atom. The Kier molecular flexibility index (Phi) is 15.8. The van der Waals surface area contributed by atoms with E-state index in [2.05, 4.69) is 83.6 Å². The first-order valence-corrected chi connectivity index (χ1v) is 25.5. The van der Waals surface area contributed by atoms with Gasteiger partial charge in [-0.05, 0) is 108 Å². The number of amides is 1. The van der Waals surface area contributed by atoms with Gasteiger partial charge in [0.15, 0.2) is 22.3 Å². The number of anilines is 2. The van der Waals surface area contributed by atoms with Gasteiger partial charge in [0.2, 0.25) is 0 Å². The largest absolute Gasteiger partial charge is 0.505 e. The number of fused-ring (bicyclic) bond motifs is 2. The highest BCUT2D eigenvalue weighted by atomic mass is 16.7. The van der Waals surface area contributed by atoms with Gasteiger partial charge in [-0.15, -0.1) is 0 Å². The number of phenolic OH excluding ortho intramolecular Hbond substituents is 1. The molecule has 0 aliphatic carbocycles. The number of nitrogens with zero attached hydrogens (tertiary/aromatic N) is 3. The number of allylic oxidation sites excluding steroid dienone is 3. The van der Waals surface area contributed by atoms with Gasteiger partial charge in [-0.3, -0.25) is 19.2 Å². The van der Waals surface area contributed by atoms with E-state index >= 15 is 4.79 Å². The van der Waals surface area contributed by atoms with Crippen LogP contribution in [0.25, 0.3) is 33.0 Å². The Morgan fingerprint density at radius 2 is 1.68 bits per heavy atom. The SMILES string of the molecule is CO[C@H]1/C=C/O[C@@]2(C)Oc3c(C)c(=O)c4c(O)c(c5oc6cc(N7CCC(N(C)C(C)C)CC7)cc(CC(C)C)c6nc5c4c3C2=O)NC(=O)/C(C)=C\C=C\[C@H](C)C[C@@H](C)[C@@H](C)[C@@H](C)[C@H](OC(C)=O)[C@@H]1C. The number of carbonyl (C=O) groups is 3. The molecule has 1 saturated heterocycles. The van der Waals surface area contributed by atoms with E-state index in [-0.39, 0.29) is 79.9 Å². The molecule has 71 heavy (non-hydrogen) atoms. The Bertz CT molecular complexity index is 2850. The summed E-state index contributed by atoms with van der Waals surface area (Å²) < 4.78 is 31.5. The van der Waals surface area contributed by atoms with E-state index in [9.17, 15) is 19.5 Å². The molecule has 1 aromatic heterocycles. The van der Waals surface area contributed by atoms with Crippen molar-refractivity contribution in [3.05, 3.63) is 75.2 Å². The van der Waals surface area contributed by atoms with E-state index in [1.807, 2.05) is 25.1 Å². The molecule has 384 valence electrons. The van der Waals surface area contributed by atoms with Crippen LogP contribution in [-0.4, -0.2) is 90.0 Å². The number of aromatic nitrogens is 1. The van der Waals surface area contributed by atoms with Crippen molar-refractivity contribution in [2.75, 3.05) is 37.5 Å². The van der Waals surface area contributed by atoms with Gasteiger partial charge < -0.3 is 43.6 Å². The van der Waals surface area contributed by atoms with Crippen LogP contribution < -0.4 is 20.4 Å². The third-order valence-corrected chi connectivity index (χ3v) is 15.7. The van der Waals surface area contributed by atoms with Gasteiger partial charge in [0.25, 0.3) is 11.7 Å². The lowest BCUT2D eigenvalue weighted by Crippen LogP contribution is -2.45. The van der Waals surface area contributed by atoms with Crippen molar-refractivity contribution in [2.45, 2.75) is 146 Å². The number of phenols is 1. The standard InChI is InChI=1S/C57H76N4O10/c1-29(2)25-39-27-41(61-22-19-40(20-23-61)60(14)30(3)4)28-43-47(39)58-48-44-45-50(63)37(11)53-46(44)55(65)57(13,71-53)68-24-21-42(67-15)36(10)52(69-38(12)62)35(9)34(8)33(7)26-31(5)17-16-18-32(6)56(66)59-49(51(45)64)54(48)70-43/h16-18,21,24,27-31,33-36,40,42,52,64H,19-20,22-23,25-26H2,1-15H3,(H,59,66)/b17-16+,24-21+,32-18-/t31-,33+,34+,35+,36+,42-,52-,57-/m0/s1. The van der Waals surface area contributed by atoms with E-state index in [1.165, 1.54) is 27.0 Å². The molecule has 0 spiro atoms. The minimum Gasteiger partial charge on any atom is -0.505 e. The molecule has 7 rings (SSSR count). The number of hydrogen-bond acceptors (Lipinski definition) is 13. The predicted molar refractivity (Wildman–Crippen MR) is 280 cm³/mol. The number of ketones is 1. The molecule has 4 heterocycles. The molecule has 1 fully saturated rings. The van der Waals surface area contributed by atoms with Crippen LogP contribution in [0.4, 0.5) is 11.4 Å². The van der Waals surface area contributed by atoms with Crippen molar-refractivity contribution in [1.29, 1.82) is 0 Å². The summed E-state index contributed by atoms with van der Waals surface area (Å²) in [6.45, 7) is 27.0. The monoisotopic (exact) mass is 977 g/mol. The average molecular weight is 977 g/mol. The minimum atomic E-state index is -1.98. The van der Waals surface area contributed by atoms with Crippen molar-refractivity contribution < 1.29 is 42.9 Å². The molecule has 14 heteroatoms. The summed E-state index contributed by atoms with van der Waals surface area (Å²) in [7, 11) is 3.75. The Morgan fingerprint density at radius 3 is 2.31 bits per heavy atom. The van der Waals surface area contributed by atoms with Gasteiger partial charge in [0.1, 0.15) is 28.6 Å². The number of ether oxygens (including phenoxy) is 4. The summed E-state index contributed by atoms with van der Waals surface area (Å²) in [6, 6.07) is 5.01. The fourth-order valence-corrected chi connectivity index (χ4v) is 10.9. The van der Waals surface area contributed by atoms with Gasteiger partial charge >= 0.3 is 11.8 Å².